The van der Waals surface area contributed by atoms with Crippen LogP contribution in [0.15, 0.2) is 57.9 Å². The van der Waals surface area contributed by atoms with Crippen LogP contribution in [0, 0.1) is 6.92 Å². The second-order valence-corrected chi connectivity index (χ2v) is 9.97. The van der Waals surface area contributed by atoms with Crippen molar-refractivity contribution in [3.8, 4) is 0 Å². The van der Waals surface area contributed by atoms with Crippen molar-refractivity contribution >= 4 is 37.5 Å². The highest BCUT2D eigenvalue weighted by molar-refractivity contribution is 9.10. The standard InChI is InChI=1S/C21H25BrN2O3S/c1-16-7-5-6-10-20(16)23-21(25)15-24(18-8-3-2-4-9-18)28(26,27)19-13-11-17(22)12-14-19/h5-7,10-14,18H,2-4,8-9,15H2,1H3,(H,23,25). The van der Waals surface area contributed by atoms with Crippen LogP contribution in [-0.2, 0) is 14.8 Å². The largest absolute Gasteiger partial charge is 0.325 e. The van der Waals surface area contributed by atoms with Gasteiger partial charge in [0.15, 0.2) is 0 Å². The van der Waals surface area contributed by atoms with Gasteiger partial charge in [-0.25, -0.2) is 8.42 Å². The van der Waals surface area contributed by atoms with E-state index in [9.17, 15) is 13.2 Å². The van der Waals surface area contributed by atoms with Crippen molar-refractivity contribution in [2.24, 2.45) is 0 Å². The number of amides is 1. The summed E-state index contributed by atoms with van der Waals surface area (Å²) in [6, 6.07) is 13.9. The highest BCUT2D eigenvalue weighted by Gasteiger charge is 2.34. The molecule has 2 aromatic rings. The smallest absolute Gasteiger partial charge is 0.243 e. The van der Waals surface area contributed by atoms with Gasteiger partial charge in [-0.2, -0.15) is 4.31 Å². The van der Waals surface area contributed by atoms with Crippen LogP contribution in [0.3, 0.4) is 0 Å². The second-order valence-electron chi connectivity index (χ2n) is 7.16. The summed E-state index contributed by atoms with van der Waals surface area (Å²) in [7, 11) is -3.76. The zero-order valence-corrected chi connectivity index (χ0v) is 18.3. The molecule has 5 nitrogen and oxygen atoms in total. The molecule has 0 unspecified atom stereocenters. The van der Waals surface area contributed by atoms with E-state index >= 15 is 0 Å². The molecule has 0 bridgehead atoms. The average Bonchev–Trinajstić information content (AvgIpc) is 2.69. The van der Waals surface area contributed by atoms with Gasteiger partial charge in [0.1, 0.15) is 0 Å². The molecule has 1 amide bonds. The number of nitrogens with zero attached hydrogens (tertiary/aromatic N) is 1. The Bertz CT molecular complexity index is 923. The van der Waals surface area contributed by atoms with E-state index in [4.69, 9.17) is 0 Å². The number of para-hydroxylation sites is 1. The van der Waals surface area contributed by atoms with E-state index in [0.717, 1.165) is 42.1 Å². The number of anilines is 1. The molecular formula is C21H25BrN2O3S. The first-order valence-electron chi connectivity index (χ1n) is 9.51. The van der Waals surface area contributed by atoms with Gasteiger partial charge in [0.05, 0.1) is 11.4 Å². The zero-order valence-electron chi connectivity index (χ0n) is 15.9. The number of benzene rings is 2. The number of hydrogen-bond acceptors (Lipinski definition) is 3. The lowest BCUT2D eigenvalue weighted by Gasteiger charge is -2.33. The van der Waals surface area contributed by atoms with Crippen molar-refractivity contribution in [2.45, 2.75) is 50.0 Å². The van der Waals surface area contributed by atoms with E-state index in [0.29, 0.717) is 5.69 Å². The predicted molar refractivity (Wildman–Crippen MR) is 115 cm³/mol. The number of carbonyl (C=O) groups excluding carboxylic acids is 1. The fourth-order valence-corrected chi connectivity index (χ4v) is 5.47. The quantitative estimate of drug-likeness (QED) is 0.672. The summed E-state index contributed by atoms with van der Waals surface area (Å²) in [5.74, 6) is -0.319. The third kappa shape index (κ3) is 5.01. The molecule has 2 aromatic carbocycles. The van der Waals surface area contributed by atoms with Gasteiger partial charge in [-0.15, -0.1) is 0 Å². The van der Waals surface area contributed by atoms with Crippen molar-refractivity contribution in [1.29, 1.82) is 0 Å². The molecule has 150 valence electrons. The van der Waals surface area contributed by atoms with Crippen LogP contribution in [-0.4, -0.2) is 31.2 Å². The number of carbonyl (C=O) groups is 1. The number of hydrogen-bond donors (Lipinski definition) is 1. The van der Waals surface area contributed by atoms with Crippen LogP contribution < -0.4 is 5.32 Å². The number of aryl methyl sites for hydroxylation is 1. The molecule has 0 radical (unpaired) electrons. The Morgan fingerprint density at radius 1 is 1.07 bits per heavy atom. The third-order valence-corrected chi connectivity index (χ3v) is 7.56. The molecule has 3 rings (SSSR count). The van der Waals surface area contributed by atoms with Crippen molar-refractivity contribution in [3.63, 3.8) is 0 Å². The van der Waals surface area contributed by atoms with Gasteiger partial charge in [-0.1, -0.05) is 53.4 Å². The lowest BCUT2D eigenvalue weighted by atomic mass is 9.95. The molecule has 1 aliphatic rings. The third-order valence-electron chi connectivity index (χ3n) is 5.12. The Kier molecular flexibility index (Phi) is 6.91. The van der Waals surface area contributed by atoms with Crippen LogP contribution >= 0.6 is 15.9 Å². The normalized spacial score (nSPS) is 15.5. The summed E-state index contributed by atoms with van der Waals surface area (Å²) in [6.07, 6.45) is 4.64. The van der Waals surface area contributed by atoms with Gasteiger partial charge in [0.25, 0.3) is 0 Å². The van der Waals surface area contributed by atoms with Crippen LogP contribution in [0.4, 0.5) is 5.69 Å². The molecule has 0 atom stereocenters. The van der Waals surface area contributed by atoms with E-state index in [1.165, 1.54) is 4.31 Å². The first-order valence-corrected chi connectivity index (χ1v) is 11.7. The molecular weight excluding hydrogens is 440 g/mol. The van der Waals surface area contributed by atoms with Gasteiger partial charge < -0.3 is 5.32 Å². The Balaban J connectivity index is 1.85. The monoisotopic (exact) mass is 464 g/mol. The van der Waals surface area contributed by atoms with E-state index in [1.807, 2.05) is 31.2 Å². The van der Waals surface area contributed by atoms with Crippen LogP contribution in [0.1, 0.15) is 37.7 Å². The maximum atomic E-state index is 13.3. The minimum atomic E-state index is -3.76. The lowest BCUT2D eigenvalue weighted by Crippen LogP contribution is -2.45. The van der Waals surface area contributed by atoms with Gasteiger partial charge in [0.2, 0.25) is 15.9 Å². The molecule has 1 aliphatic carbocycles. The number of rotatable bonds is 6. The highest BCUT2D eigenvalue weighted by Crippen LogP contribution is 2.28. The fourth-order valence-electron chi connectivity index (χ4n) is 3.57. The highest BCUT2D eigenvalue weighted by atomic mass is 79.9. The number of nitrogens with one attached hydrogen (secondary N) is 1. The Labute approximate surface area is 175 Å². The Morgan fingerprint density at radius 3 is 2.36 bits per heavy atom. The van der Waals surface area contributed by atoms with Gasteiger partial charge in [-0.3, -0.25) is 4.79 Å². The van der Waals surface area contributed by atoms with Gasteiger partial charge in [0, 0.05) is 16.2 Å². The molecule has 0 heterocycles. The van der Waals surface area contributed by atoms with Gasteiger partial charge in [-0.05, 0) is 55.7 Å². The van der Waals surface area contributed by atoms with Crippen LogP contribution in [0.2, 0.25) is 0 Å². The van der Waals surface area contributed by atoms with E-state index in [1.54, 1.807) is 24.3 Å². The first-order chi connectivity index (χ1) is 13.4. The van der Waals surface area contributed by atoms with E-state index < -0.39 is 10.0 Å². The summed E-state index contributed by atoms with van der Waals surface area (Å²) >= 11 is 3.34. The molecule has 0 saturated heterocycles. The molecule has 0 aromatic heterocycles. The summed E-state index contributed by atoms with van der Waals surface area (Å²) in [5.41, 5.74) is 1.65. The van der Waals surface area contributed by atoms with Crippen molar-refractivity contribution in [3.05, 3.63) is 58.6 Å². The first kappa shape index (κ1) is 21.0. The molecule has 1 fully saturated rings. The van der Waals surface area contributed by atoms with E-state index in [-0.39, 0.29) is 23.4 Å². The Morgan fingerprint density at radius 2 is 1.71 bits per heavy atom. The number of halogens is 1. The minimum absolute atomic E-state index is 0.148. The fraction of sp³-hybridized carbons (Fsp3) is 0.381. The zero-order chi connectivity index (χ0) is 20.1. The molecule has 0 spiro atoms. The maximum absolute atomic E-state index is 13.3. The summed E-state index contributed by atoms with van der Waals surface area (Å²) < 4.78 is 28.9. The van der Waals surface area contributed by atoms with Crippen LogP contribution in [0.25, 0.3) is 0 Å². The molecule has 1 N–H and O–H groups in total. The lowest BCUT2D eigenvalue weighted by molar-refractivity contribution is -0.116. The molecule has 28 heavy (non-hydrogen) atoms. The molecule has 1 saturated carbocycles. The topological polar surface area (TPSA) is 66.5 Å². The minimum Gasteiger partial charge on any atom is -0.325 e. The second kappa shape index (κ2) is 9.20. The van der Waals surface area contributed by atoms with Crippen molar-refractivity contribution < 1.29 is 13.2 Å². The molecule has 7 heteroatoms. The summed E-state index contributed by atoms with van der Waals surface area (Å²) in [5, 5.41) is 2.86. The van der Waals surface area contributed by atoms with E-state index in [2.05, 4.69) is 21.2 Å². The maximum Gasteiger partial charge on any atom is 0.243 e. The Hall–Kier alpha value is -1.70. The predicted octanol–water partition coefficient (Wildman–Crippen LogP) is 4.72. The van der Waals surface area contributed by atoms with Gasteiger partial charge >= 0.3 is 0 Å². The summed E-state index contributed by atoms with van der Waals surface area (Å²) in [6.45, 7) is 1.73. The number of sulfonamides is 1. The van der Waals surface area contributed by atoms with Crippen molar-refractivity contribution in [2.75, 3.05) is 11.9 Å². The van der Waals surface area contributed by atoms with Crippen LogP contribution in [0.5, 0.6) is 0 Å². The SMILES string of the molecule is Cc1ccccc1NC(=O)CN(C1CCCCC1)S(=O)(=O)c1ccc(Br)cc1. The summed E-state index contributed by atoms with van der Waals surface area (Å²) in [4.78, 5) is 12.9. The van der Waals surface area contributed by atoms with Crippen molar-refractivity contribution in [1.82, 2.24) is 4.31 Å². The molecule has 0 aliphatic heterocycles. The average molecular weight is 465 g/mol.